The van der Waals surface area contributed by atoms with Gasteiger partial charge in [0.2, 0.25) is 0 Å². The lowest BCUT2D eigenvalue weighted by Crippen LogP contribution is -2.65. The van der Waals surface area contributed by atoms with Crippen LogP contribution in [0.25, 0.3) is 0 Å². The Kier molecular flexibility index (Phi) is 6.02. The Bertz CT molecular complexity index is 359. The average molecular weight is 263 g/mol. The molecule has 0 aliphatic heterocycles. The molecule has 0 radical (unpaired) electrons. The molecule has 1 aromatic rings. The molecule has 1 atom stereocenters. The molecule has 1 rings (SSSR count). The van der Waals surface area contributed by atoms with Gasteiger partial charge in [0.15, 0.2) is 0 Å². The Morgan fingerprint density at radius 1 is 0.947 bits per heavy atom. The SMILES string of the molecule is CCCCC[N+](N)(CCC)C(C)(C)c1ccccc1. The van der Waals surface area contributed by atoms with Crippen molar-refractivity contribution in [2.45, 2.75) is 58.9 Å². The van der Waals surface area contributed by atoms with Crippen molar-refractivity contribution >= 4 is 0 Å². The molecule has 1 aromatic carbocycles. The third-order valence-corrected chi connectivity index (χ3v) is 4.38. The lowest BCUT2D eigenvalue weighted by Gasteiger charge is -2.46. The summed E-state index contributed by atoms with van der Waals surface area (Å²) in [4.78, 5) is 0. The van der Waals surface area contributed by atoms with Crippen molar-refractivity contribution in [3.63, 3.8) is 0 Å². The molecule has 2 N–H and O–H groups in total. The average Bonchev–Trinajstić information content (AvgIpc) is 2.40. The number of hydrogen-bond donors (Lipinski definition) is 1. The van der Waals surface area contributed by atoms with E-state index in [0.29, 0.717) is 4.59 Å². The number of rotatable bonds is 8. The van der Waals surface area contributed by atoms with Crippen LogP contribution < -0.4 is 5.84 Å². The first-order valence-corrected chi connectivity index (χ1v) is 7.69. The van der Waals surface area contributed by atoms with Crippen LogP contribution >= 0.6 is 0 Å². The minimum Gasteiger partial charge on any atom is -0.240 e. The summed E-state index contributed by atoms with van der Waals surface area (Å²) in [5.74, 6) is 6.80. The predicted octanol–water partition coefficient (Wildman–Crippen LogP) is 4.21. The van der Waals surface area contributed by atoms with Gasteiger partial charge >= 0.3 is 0 Å². The van der Waals surface area contributed by atoms with Crippen molar-refractivity contribution in [2.75, 3.05) is 13.1 Å². The van der Waals surface area contributed by atoms with E-state index in [9.17, 15) is 0 Å². The maximum absolute atomic E-state index is 6.80. The number of benzene rings is 1. The maximum Gasteiger partial charge on any atom is 0.136 e. The van der Waals surface area contributed by atoms with Crippen LogP contribution in [0.5, 0.6) is 0 Å². The zero-order valence-corrected chi connectivity index (χ0v) is 13.2. The molecule has 2 heteroatoms. The second-order valence-corrected chi connectivity index (χ2v) is 6.11. The van der Waals surface area contributed by atoms with Crippen molar-refractivity contribution in [2.24, 2.45) is 5.84 Å². The highest BCUT2D eigenvalue weighted by atomic mass is 15.6. The van der Waals surface area contributed by atoms with Gasteiger partial charge in [0.1, 0.15) is 5.54 Å². The molecular weight excluding hydrogens is 232 g/mol. The van der Waals surface area contributed by atoms with Crippen molar-refractivity contribution < 1.29 is 4.59 Å². The van der Waals surface area contributed by atoms with Gasteiger partial charge in [-0.1, -0.05) is 50.6 Å². The second-order valence-electron chi connectivity index (χ2n) is 6.11. The fourth-order valence-electron chi connectivity index (χ4n) is 2.82. The highest BCUT2D eigenvalue weighted by molar-refractivity contribution is 5.20. The number of quaternary nitrogens is 1. The van der Waals surface area contributed by atoms with E-state index >= 15 is 0 Å². The number of nitrogens with zero attached hydrogens (tertiary/aromatic N) is 1. The van der Waals surface area contributed by atoms with E-state index in [0.717, 1.165) is 19.5 Å². The molecule has 19 heavy (non-hydrogen) atoms. The summed E-state index contributed by atoms with van der Waals surface area (Å²) in [6, 6.07) is 10.7. The van der Waals surface area contributed by atoms with Crippen molar-refractivity contribution in [3.8, 4) is 0 Å². The monoisotopic (exact) mass is 263 g/mol. The summed E-state index contributed by atoms with van der Waals surface area (Å²) in [6.45, 7) is 11.1. The molecule has 2 nitrogen and oxygen atoms in total. The number of hydrogen-bond acceptors (Lipinski definition) is 1. The Balaban J connectivity index is 2.95. The zero-order chi connectivity index (χ0) is 14.4. The molecule has 1 unspecified atom stereocenters. The third-order valence-electron chi connectivity index (χ3n) is 4.38. The van der Waals surface area contributed by atoms with Crippen molar-refractivity contribution in [1.82, 2.24) is 0 Å². The summed E-state index contributed by atoms with van der Waals surface area (Å²) in [5, 5.41) is 0. The first-order chi connectivity index (χ1) is 8.98. The Labute approximate surface area is 119 Å². The summed E-state index contributed by atoms with van der Waals surface area (Å²) in [7, 11) is 0. The first kappa shape index (κ1) is 16.2. The van der Waals surface area contributed by atoms with Crippen LogP contribution in [0.2, 0.25) is 0 Å². The van der Waals surface area contributed by atoms with Crippen LogP contribution in [-0.4, -0.2) is 17.7 Å². The van der Waals surface area contributed by atoms with Crippen LogP contribution in [0.1, 0.15) is 58.9 Å². The maximum atomic E-state index is 6.80. The van der Waals surface area contributed by atoms with Crippen LogP contribution in [-0.2, 0) is 5.54 Å². The van der Waals surface area contributed by atoms with Crippen LogP contribution in [0.15, 0.2) is 30.3 Å². The third kappa shape index (κ3) is 3.80. The molecule has 0 heterocycles. The molecule has 0 aliphatic carbocycles. The fourth-order valence-corrected chi connectivity index (χ4v) is 2.82. The quantitative estimate of drug-likeness (QED) is 0.323. The number of nitrogens with two attached hydrogens (primary N) is 1. The van der Waals surface area contributed by atoms with Crippen LogP contribution in [0, 0.1) is 0 Å². The van der Waals surface area contributed by atoms with E-state index in [-0.39, 0.29) is 5.54 Å². The van der Waals surface area contributed by atoms with Gasteiger partial charge in [0.25, 0.3) is 0 Å². The normalized spacial score (nSPS) is 15.2. The van der Waals surface area contributed by atoms with Gasteiger partial charge in [0.05, 0.1) is 13.1 Å². The molecule has 0 amide bonds. The molecule has 0 fully saturated rings. The zero-order valence-electron chi connectivity index (χ0n) is 13.2. The minimum atomic E-state index is -0.0367. The molecule has 0 bridgehead atoms. The Hall–Kier alpha value is -0.860. The summed E-state index contributed by atoms with van der Waals surface area (Å²) in [5.41, 5.74) is 1.30. The van der Waals surface area contributed by atoms with E-state index in [1.165, 1.54) is 24.8 Å². The molecule has 108 valence electrons. The lowest BCUT2D eigenvalue weighted by molar-refractivity contribution is -0.991. The summed E-state index contributed by atoms with van der Waals surface area (Å²) in [6.07, 6.45) is 4.85. The second kappa shape index (κ2) is 7.06. The van der Waals surface area contributed by atoms with E-state index < -0.39 is 0 Å². The largest absolute Gasteiger partial charge is 0.240 e. The van der Waals surface area contributed by atoms with Gasteiger partial charge in [0, 0.05) is 5.56 Å². The van der Waals surface area contributed by atoms with Crippen LogP contribution in [0.4, 0.5) is 0 Å². The molecular formula is C17H31N2+. The van der Waals surface area contributed by atoms with Crippen molar-refractivity contribution in [3.05, 3.63) is 35.9 Å². The van der Waals surface area contributed by atoms with Gasteiger partial charge in [-0.05, 0) is 33.1 Å². The molecule has 0 saturated heterocycles. The highest BCUT2D eigenvalue weighted by Gasteiger charge is 2.41. The van der Waals surface area contributed by atoms with E-state index in [4.69, 9.17) is 5.84 Å². The first-order valence-electron chi connectivity index (χ1n) is 7.69. The minimum absolute atomic E-state index is 0.0367. The summed E-state index contributed by atoms with van der Waals surface area (Å²) < 4.78 is 0.646. The standard InChI is InChI=1S/C17H31N2/c1-5-7-11-15-19(18,14-6-2)17(3,4)16-12-9-8-10-13-16/h8-10,12-13H,5-7,11,14-15,18H2,1-4H3/q+1. The Morgan fingerprint density at radius 3 is 2.11 bits per heavy atom. The van der Waals surface area contributed by atoms with E-state index in [1.807, 2.05) is 0 Å². The van der Waals surface area contributed by atoms with Gasteiger partial charge in [-0.15, -0.1) is 0 Å². The summed E-state index contributed by atoms with van der Waals surface area (Å²) >= 11 is 0. The molecule has 0 saturated carbocycles. The fraction of sp³-hybridized carbons (Fsp3) is 0.647. The topological polar surface area (TPSA) is 26.0 Å². The Morgan fingerprint density at radius 2 is 1.58 bits per heavy atom. The van der Waals surface area contributed by atoms with Gasteiger partial charge in [-0.2, -0.15) is 5.84 Å². The van der Waals surface area contributed by atoms with Crippen molar-refractivity contribution in [1.29, 1.82) is 0 Å². The molecule has 0 spiro atoms. The van der Waals surface area contributed by atoms with Gasteiger partial charge in [-0.25, -0.2) is 4.59 Å². The van der Waals surface area contributed by atoms with Crippen LogP contribution in [0.3, 0.4) is 0 Å². The molecule has 0 aliphatic rings. The highest BCUT2D eigenvalue weighted by Crippen LogP contribution is 2.32. The van der Waals surface area contributed by atoms with Gasteiger partial charge in [-0.3, -0.25) is 0 Å². The smallest absolute Gasteiger partial charge is 0.136 e. The van der Waals surface area contributed by atoms with E-state index in [2.05, 4.69) is 58.0 Å². The van der Waals surface area contributed by atoms with E-state index in [1.54, 1.807) is 0 Å². The molecule has 0 aromatic heterocycles. The predicted molar refractivity (Wildman–Crippen MR) is 83.5 cm³/mol. The van der Waals surface area contributed by atoms with Gasteiger partial charge < -0.3 is 0 Å². The lowest BCUT2D eigenvalue weighted by atomic mass is 9.90. The number of unbranched alkanes of at least 4 members (excludes halogenated alkanes) is 2.